The molecule has 0 aliphatic carbocycles. The quantitative estimate of drug-likeness (QED) is 0.724. The molecule has 1 amide bonds. The number of nitrogens with zero attached hydrogens (tertiary/aromatic N) is 4. The fraction of sp³-hybridized carbons (Fsp3) is 0.0714. The highest BCUT2D eigenvalue weighted by atomic mass is 16.7. The molecule has 0 saturated carbocycles. The molecule has 0 aliphatic rings. The number of anilines is 2. The fourth-order valence-corrected chi connectivity index (χ4v) is 2.07. The zero-order chi connectivity index (χ0) is 16.4. The van der Waals surface area contributed by atoms with Crippen LogP contribution in [0, 0.1) is 0 Å². The number of benzene rings is 1. The highest BCUT2D eigenvalue weighted by Crippen LogP contribution is 2.24. The van der Waals surface area contributed by atoms with Gasteiger partial charge < -0.3 is 15.9 Å². The molecule has 0 bridgehead atoms. The summed E-state index contributed by atoms with van der Waals surface area (Å²) in [6.45, 7) is 1.24. The van der Waals surface area contributed by atoms with Crippen molar-refractivity contribution in [3.05, 3.63) is 42.6 Å². The van der Waals surface area contributed by atoms with Crippen LogP contribution in [-0.2, 0) is 4.79 Å². The van der Waals surface area contributed by atoms with E-state index in [1.807, 2.05) is 0 Å². The van der Waals surface area contributed by atoms with Crippen molar-refractivity contribution in [1.82, 2.24) is 19.9 Å². The van der Waals surface area contributed by atoms with Gasteiger partial charge in [-0.3, -0.25) is 4.79 Å². The molecule has 3 rings (SSSR count). The van der Waals surface area contributed by atoms with E-state index in [4.69, 9.17) is 10.6 Å². The molecule has 0 saturated heterocycles. The standard InChI is InChI=1S/C14H12N6O3/c1-8(21)23-20-12-3-2-9(18-10-5-16-7-17-6-10)4-11(12)13(19-20)14(15)22/h2-7,18H,1H3,(H2,15,22). The predicted octanol–water partition coefficient (Wildman–Crippen LogP) is 0.644. The number of fused-ring (bicyclic) bond motifs is 1. The molecule has 0 radical (unpaired) electrons. The summed E-state index contributed by atoms with van der Waals surface area (Å²) >= 11 is 0. The molecule has 0 unspecified atom stereocenters. The Bertz CT molecular complexity index is 890. The van der Waals surface area contributed by atoms with Crippen LogP contribution < -0.4 is 15.9 Å². The van der Waals surface area contributed by atoms with Crippen molar-refractivity contribution in [3.63, 3.8) is 0 Å². The molecular formula is C14H12N6O3. The first-order valence-electron chi connectivity index (χ1n) is 6.58. The smallest absolute Gasteiger partial charge is 0.331 e. The van der Waals surface area contributed by atoms with Crippen LogP contribution in [-0.4, -0.2) is 31.8 Å². The van der Waals surface area contributed by atoms with Gasteiger partial charge in [0.2, 0.25) is 0 Å². The summed E-state index contributed by atoms with van der Waals surface area (Å²) in [5, 5.41) is 7.47. The zero-order valence-corrected chi connectivity index (χ0v) is 12.1. The van der Waals surface area contributed by atoms with Gasteiger partial charge >= 0.3 is 5.97 Å². The lowest BCUT2D eigenvalue weighted by Crippen LogP contribution is -2.19. The third-order valence-electron chi connectivity index (χ3n) is 2.95. The van der Waals surface area contributed by atoms with Crippen LogP contribution in [0.15, 0.2) is 36.9 Å². The van der Waals surface area contributed by atoms with Crippen LogP contribution in [0.3, 0.4) is 0 Å². The fourth-order valence-electron chi connectivity index (χ4n) is 2.07. The van der Waals surface area contributed by atoms with Crippen molar-refractivity contribution in [2.24, 2.45) is 5.73 Å². The average Bonchev–Trinajstić information content (AvgIpc) is 2.86. The largest absolute Gasteiger partial charge is 0.364 e. The summed E-state index contributed by atoms with van der Waals surface area (Å²) in [5.74, 6) is -1.28. The second kappa shape index (κ2) is 5.72. The van der Waals surface area contributed by atoms with Gasteiger partial charge in [0.25, 0.3) is 5.91 Å². The van der Waals surface area contributed by atoms with Crippen molar-refractivity contribution >= 4 is 34.2 Å². The van der Waals surface area contributed by atoms with E-state index in [0.29, 0.717) is 22.3 Å². The maximum atomic E-state index is 11.5. The molecule has 3 N–H and O–H groups in total. The monoisotopic (exact) mass is 312 g/mol. The van der Waals surface area contributed by atoms with Crippen LogP contribution in [0.2, 0.25) is 0 Å². The number of nitrogens with one attached hydrogen (secondary N) is 1. The summed E-state index contributed by atoms with van der Waals surface area (Å²) in [6, 6.07) is 5.07. The first-order valence-corrected chi connectivity index (χ1v) is 6.58. The normalized spacial score (nSPS) is 10.5. The molecule has 2 aromatic heterocycles. The number of amides is 1. The number of aromatic nitrogens is 4. The number of rotatable bonds is 4. The van der Waals surface area contributed by atoms with E-state index in [0.717, 1.165) is 4.85 Å². The molecule has 3 aromatic rings. The third-order valence-corrected chi connectivity index (χ3v) is 2.95. The lowest BCUT2D eigenvalue weighted by Gasteiger charge is -2.06. The van der Waals surface area contributed by atoms with Gasteiger partial charge in [0, 0.05) is 18.0 Å². The zero-order valence-electron chi connectivity index (χ0n) is 12.1. The van der Waals surface area contributed by atoms with Crippen molar-refractivity contribution in [3.8, 4) is 0 Å². The van der Waals surface area contributed by atoms with Crippen molar-refractivity contribution in [2.45, 2.75) is 6.92 Å². The second-order valence-corrected chi connectivity index (χ2v) is 4.65. The van der Waals surface area contributed by atoms with Gasteiger partial charge in [-0.05, 0) is 18.2 Å². The van der Waals surface area contributed by atoms with Gasteiger partial charge in [-0.15, -0.1) is 5.10 Å². The average molecular weight is 312 g/mol. The van der Waals surface area contributed by atoms with Gasteiger partial charge in [0.1, 0.15) is 11.8 Å². The molecule has 116 valence electrons. The van der Waals surface area contributed by atoms with Crippen molar-refractivity contribution in [2.75, 3.05) is 5.32 Å². The molecule has 9 nitrogen and oxygen atoms in total. The van der Waals surface area contributed by atoms with Crippen LogP contribution in [0.1, 0.15) is 17.4 Å². The van der Waals surface area contributed by atoms with E-state index in [1.165, 1.54) is 13.3 Å². The molecule has 9 heteroatoms. The Balaban J connectivity index is 2.05. The number of carbonyl (C=O) groups is 2. The summed E-state index contributed by atoms with van der Waals surface area (Å²) in [4.78, 5) is 36.4. The number of hydrogen-bond donors (Lipinski definition) is 2. The minimum absolute atomic E-state index is 0.00853. The molecule has 0 aliphatic heterocycles. The van der Waals surface area contributed by atoms with Gasteiger partial charge in [-0.25, -0.2) is 14.8 Å². The topological polar surface area (TPSA) is 125 Å². The summed E-state index contributed by atoms with van der Waals surface area (Å²) < 4.78 is 0. The molecule has 0 spiro atoms. The molecule has 1 aromatic carbocycles. The van der Waals surface area contributed by atoms with Crippen molar-refractivity contribution < 1.29 is 14.4 Å². The highest BCUT2D eigenvalue weighted by molar-refractivity contribution is 6.05. The Hall–Kier alpha value is -3.49. The van der Waals surface area contributed by atoms with Gasteiger partial charge in [0.15, 0.2) is 5.69 Å². The summed E-state index contributed by atoms with van der Waals surface area (Å²) in [5.41, 5.74) is 7.15. The van der Waals surface area contributed by atoms with Crippen LogP contribution >= 0.6 is 0 Å². The second-order valence-electron chi connectivity index (χ2n) is 4.65. The van der Waals surface area contributed by atoms with Crippen molar-refractivity contribution in [1.29, 1.82) is 0 Å². The number of primary amides is 1. The lowest BCUT2D eigenvalue weighted by atomic mass is 10.2. The Morgan fingerprint density at radius 3 is 2.61 bits per heavy atom. The van der Waals surface area contributed by atoms with E-state index >= 15 is 0 Å². The third kappa shape index (κ3) is 2.93. The maximum absolute atomic E-state index is 11.5. The number of hydrogen-bond acceptors (Lipinski definition) is 7. The molecule has 23 heavy (non-hydrogen) atoms. The molecule has 0 atom stereocenters. The SMILES string of the molecule is CC(=O)On1nc(C(N)=O)c2cc(Nc3cncnc3)ccc21. The maximum Gasteiger partial charge on any atom is 0.331 e. The van der Waals surface area contributed by atoms with Crippen LogP contribution in [0.5, 0.6) is 0 Å². The summed E-state index contributed by atoms with van der Waals surface area (Å²) in [6.07, 6.45) is 4.63. The Kier molecular flexibility index (Phi) is 3.59. The Labute approximate surface area is 130 Å². The summed E-state index contributed by atoms with van der Waals surface area (Å²) in [7, 11) is 0. The van der Waals surface area contributed by atoms with Gasteiger partial charge in [0.05, 0.1) is 18.1 Å². The van der Waals surface area contributed by atoms with E-state index < -0.39 is 11.9 Å². The van der Waals surface area contributed by atoms with Crippen LogP contribution in [0.25, 0.3) is 10.9 Å². The van der Waals surface area contributed by atoms with E-state index in [1.54, 1.807) is 30.6 Å². The number of carbonyl (C=O) groups excluding carboxylic acids is 2. The Morgan fingerprint density at radius 2 is 1.96 bits per heavy atom. The molecular weight excluding hydrogens is 300 g/mol. The molecule has 0 fully saturated rings. The van der Waals surface area contributed by atoms with Gasteiger partial charge in [-0.1, -0.05) is 4.85 Å². The first kappa shape index (κ1) is 14.4. The van der Waals surface area contributed by atoms with E-state index in [-0.39, 0.29) is 5.69 Å². The van der Waals surface area contributed by atoms with E-state index in [2.05, 4.69) is 20.4 Å². The minimum Gasteiger partial charge on any atom is -0.364 e. The Morgan fingerprint density at radius 1 is 1.22 bits per heavy atom. The lowest BCUT2D eigenvalue weighted by molar-refractivity contribution is -0.142. The van der Waals surface area contributed by atoms with E-state index in [9.17, 15) is 9.59 Å². The number of nitrogens with two attached hydrogens (primary N) is 1. The highest BCUT2D eigenvalue weighted by Gasteiger charge is 2.17. The molecule has 2 heterocycles. The predicted molar refractivity (Wildman–Crippen MR) is 80.8 cm³/mol. The minimum atomic E-state index is -0.721. The first-order chi connectivity index (χ1) is 11.0. The van der Waals surface area contributed by atoms with Gasteiger partial charge in [-0.2, -0.15) is 0 Å². The van der Waals surface area contributed by atoms with Crippen LogP contribution in [0.4, 0.5) is 11.4 Å².